The number of thiocarbonyl (C=S) groups is 1. The fourth-order valence-corrected chi connectivity index (χ4v) is 4.30. The van der Waals surface area contributed by atoms with Gasteiger partial charge < -0.3 is 4.74 Å². The quantitative estimate of drug-likeness (QED) is 0.572. The van der Waals surface area contributed by atoms with Crippen molar-refractivity contribution in [3.8, 4) is 0 Å². The fraction of sp³-hybridized carbons (Fsp3) is 0.364. The van der Waals surface area contributed by atoms with Crippen LogP contribution in [-0.2, 0) is 25.4 Å². The van der Waals surface area contributed by atoms with Gasteiger partial charge in [0, 0.05) is 18.0 Å². The number of hydrazine groups is 1. The maximum absolute atomic E-state index is 5.51. The van der Waals surface area contributed by atoms with Crippen LogP contribution in [0.4, 0.5) is 5.69 Å². The van der Waals surface area contributed by atoms with E-state index in [-0.39, 0.29) is 9.45 Å². The molecule has 17 heavy (non-hydrogen) atoms. The molecule has 2 heterocycles. The van der Waals surface area contributed by atoms with E-state index in [0.717, 1.165) is 36.3 Å². The molecule has 1 aromatic carbocycles. The highest BCUT2D eigenvalue weighted by atomic mass is 32.8. The van der Waals surface area contributed by atoms with Gasteiger partial charge in [-0.05, 0) is 32.8 Å². The second kappa shape index (κ2) is 4.70. The molecule has 3 rings (SSSR count). The summed E-state index contributed by atoms with van der Waals surface area (Å²) in [6.45, 7) is 3.26. The summed E-state index contributed by atoms with van der Waals surface area (Å²) >= 11 is 11.0. The third-order valence-electron chi connectivity index (χ3n) is 2.90. The van der Waals surface area contributed by atoms with E-state index in [1.807, 2.05) is 12.1 Å². The van der Waals surface area contributed by atoms with Gasteiger partial charge in [-0.2, -0.15) is 0 Å². The highest BCUT2D eigenvalue weighted by Crippen LogP contribution is 2.34. The van der Waals surface area contributed by atoms with Gasteiger partial charge in [0.05, 0.1) is 18.9 Å². The van der Waals surface area contributed by atoms with Crippen LogP contribution in [0.3, 0.4) is 0 Å². The minimum absolute atomic E-state index is 0.366. The maximum atomic E-state index is 5.51. The Bertz CT molecular complexity index is 485. The highest BCUT2D eigenvalue weighted by Gasteiger charge is 2.33. The van der Waals surface area contributed by atoms with Gasteiger partial charge in [0.15, 0.2) is 4.32 Å². The number of anilines is 1. The number of hydrogen-bond donors (Lipinski definition) is 0. The lowest BCUT2D eigenvalue weighted by atomic mass is 10.3. The summed E-state index contributed by atoms with van der Waals surface area (Å²) in [7, 11) is -0.366. The summed E-state index contributed by atoms with van der Waals surface area (Å²) in [4.78, 5) is 1.18. The van der Waals surface area contributed by atoms with Crippen molar-refractivity contribution in [2.24, 2.45) is 0 Å². The lowest BCUT2D eigenvalue weighted by molar-refractivity contribution is 0.0400. The summed E-state index contributed by atoms with van der Waals surface area (Å²) < 4.78 is 6.22. The van der Waals surface area contributed by atoms with Crippen molar-refractivity contribution in [2.45, 2.75) is 4.90 Å². The summed E-state index contributed by atoms with van der Waals surface area (Å²) in [6.07, 6.45) is 0. The Morgan fingerprint density at radius 1 is 1.18 bits per heavy atom. The van der Waals surface area contributed by atoms with E-state index in [0.29, 0.717) is 0 Å². The third kappa shape index (κ3) is 1.94. The molecule has 0 spiro atoms. The fourth-order valence-electron chi connectivity index (χ4n) is 2.08. The van der Waals surface area contributed by atoms with Crippen molar-refractivity contribution >= 4 is 42.9 Å². The first kappa shape index (κ1) is 11.7. The monoisotopic (exact) mass is 284 g/mol. The van der Waals surface area contributed by atoms with Crippen molar-refractivity contribution < 1.29 is 4.74 Å². The van der Waals surface area contributed by atoms with Crippen molar-refractivity contribution in [1.29, 1.82) is 0 Å². The molecule has 2 aliphatic heterocycles. The van der Waals surface area contributed by atoms with Crippen LogP contribution < -0.4 is 5.01 Å². The molecule has 0 saturated carbocycles. The summed E-state index contributed by atoms with van der Waals surface area (Å²) in [5.74, 6) is 0. The van der Waals surface area contributed by atoms with Crippen molar-refractivity contribution in [2.75, 3.05) is 31.3 Å². The molecule has 0 radical (unpaired) electrons. The van der Waals surface area contributed by atoms with Crippen LogP contribution in [0.15, 0.2) is 29.2 Å². The third-order valence-corrected chi connectivity index (χ3v) is 6.13. The van der Waals surface area contributed by atoms with Gasteiger partial charge in [-0.1, -0.05) is 24.4 Å². The smallest absolute Gasteiger partial charge is 0.164 e. The molecule has 90 valence electrons. The Labute approximate surface area is 113 Å². The Morgan fingerprint density at radius 3 is 2.65 bits per heavy atom. The Kier molecular flexibility index (Phi) is 3.23. The van der Waals surface area contributed by atoms with E-state index in [4.69, 9.17) is 28.1 Å². The predicted molar refractivity (Wildman–Crippen MR) is 76.9 cm³/mol. The number of rotatable bonds is 1. The van der Waals surface area contributed by atoms with Crippen molar-refractivity contribution in [3.63, 3.8) is 0 Å². The average molecular weight is 284 g/mol. The van der Waals surface area contributed by atoms with E-state index < -0.39 is 0 Å². The van der Waals surface area contributed by atoms with Crippen molar-refractivity contribution in [3.05, 3.63) is 24.3 Å². The van der Waals surface area contributed by atoms with E-state index >= 15 is 0 Å². The van der Waals surface area contributed by atoms with Crippen LogP contribution in [-0.4, -0.2) is 35.6 Å². The van der Waals surface area contributed by atoms with Gasteiger partial charge in [-0.3, -0.25) is 5.01 Å². The number of morpholine rings is 1. The molecule has 0 amide bonds. The molecule has 0 bridgehead atoms. The number of para-hydroxylation sites is 1. The number of benzene rings is 1. The molecule has 1 unspecified atom stereocenters. The molecule has 1 saturated heterocycles. The van der Waals surface area contributed by atoms with E-state index in [9.17, 15) is 0 Å². The van der Waals surface area contributed by atoms with Gasteiger partial charge in [-0.15, -0.1) is 0 Å². The standard InChI is InChI=1S/C11H12N2OS3/c15-11-13(12-5-7-14-8-6-12)9-3-1-2-4-10(9)17(11)16/h1-4H,5-8H2. The van der Waals surface area contributed by atoms with Gasteiger partial charge >= 0.3 is 0 Å². The Hall–Kier alpha value is -0.400. The summed E-state index contributed by atoms with van der Waals surface area (Å²) in [5, 5.41) is 4.35. The second-order valence-electron chi connectivity index (χ2n) is 3.88. The molecule has 2 aliphatic rings. The first-order chi connectivity index (χ1) is 8.29. The molecule has 0 aliphatic carbocycles. The number of nitrogens with zero attached hydrogens (tertiary/aromatic N) is 2. The van der Waals surface area contributed by atoms with Crippen LogP contribution >= 0.6 is 12.2 Å². The summed E-state index contributed by atoms with van der Waals surface area (Å²) in [5.41, 5.74) is 1.15. The molecule has 1 fully saturated rings. The Balaban J connectivity index is 1.99. The van der Waals surface area contributed by atoms with Crippen LogP contribution in [0.25, 0.3) is 0 Å². The van der Waals surface area contributed by atoms with Gasteiger partial charge in [0.2, 0.25) is 0 Å². The number of ether oxygens (including phenoxy) is 1. The molecule has 3 nitrogen and oxygen atoms in total. The molecule has 6 heteroatoms. The highest BCUT2D eigenvalue weighted by molar-refractivity contribution is 8.42. The molecule has 1 aromatic rings. The molecule has 0 aromatic heterocycles. The molecular weight excluding hydrogens is 272 g/mol. The minimum atomic E-state index is -0.366. The topological polar surface area (TPSA) is 15.7 Å². The Morgan fingerprint density at radius 2 is 1.88 bits per heavy atom. The van der Waals surface area contributed by atoms with E-state index in [1.165, 1.54) is 4.90 Å². The van der Waals surface area contributed by atoms with Crippen LogP contribution in [0.1, 0.15) is 0 Å². The minimum Gasteiger partial charge on any atom is -0.379 e. The largest absolute Gasteiger partial charge is 0.379 e. The zero-order valence-electron chi connectivity index (χ0n) is 9.17. The van der Waals surface area contributed by atoms with Gasteiger partial charge in [-0.25, -0.2) is 5.01 Å². The van der Waals surface area contributed by atoms with Crippen LogP contribution in [0.5, 0.6) is 0 Å². The SMILES string of the molecule is S=C1N(N2CCOCC2)c2ccccc2S1=S. The summed E-state index contributed by atoms with van der Waals surface area (Å²) in [6, 6.07) is 8.23. The van der Waals surface area contributed by atoms with E-state index in [1.54, 1.807) is 0 Å². The van der Waals surface area contributed by atoms with E-state index in [2.05, 4.69) is 22.2 Å². The van der Waals surface area contributed by atoms with Crippen LogP contribution in [0.2, 0.25) is 0 Å². The zero-order valence-corrected chi connectivity index (χ0v) is 11.6. The average Bonchev–Trinajstić information content (AvgIpc) is 2.64. The van der Waals surface area contributed by atoms with Gasteiger partial charge in [0.25, 0.3) is 0 Å². The number of fused-ring (bicyclic) bond motifs is 1. The first-order valence-electron chi connectivity index (χ1n) is 5.46. The lowest BCUT2D eigenvalue weighted by Crippen LogP contribution is -2.50. The second-order valence-corrected chi connectivity index (χ2v) is 6.89. The predicted octanol–water partition coefficient (Wildman–Crippen LogP) is 1.48. The normalized spacial score (nSPS) is 25.1. The van der Waals surface area contributed by atoms with Gasteiger partial charge in [0.1, 0.15) is 0 Å². The lowest BCUT2D eigenvalue weighted by Gasteiger charge is -2.35. The first-order valence-corrected chi connectivity index (χ1v) is 8.02. The molecule has 0 N–H and O–H groups in total. The maximum Gasteiger partial charge on any atom is 0.164 e. The van der Waals surface area contributed by atoms with Crippen molar-refractivity contribution in [1.82, 2.24) is 5.01 Å². The van der Waals surface area contributed by atoms with Crippen LogP contribution in [0, 0.1) is 0 Å². The zero-order chi connectivity index (χ0) is 11.8. The number of hydrogen-bond acceptors (Lipinski definition) is 4. The molecule has 1 atom stereocenters. The molecular formula is C11H12N2OS3.